The normalized spacial score (nSPS) is 11.7. The first-order valence-electron chi connectivity index (χ1n) is 12.4. The van der Waals surface area contributed by atoms with Crippen LogP contribution in [0.4, 0.5) is 5.69 Å². The van der Waals surface area contributed by atoms with Gasteiger partial charge in [0, 0.05) is 30.4 Å². The maximum Gasteiger partial charge on any atom is 0.332 e. The molecule has 1 aromatic heterocycles. The lowest BCUT2D eigenvalue weighted by Gasteiger charge is -2.15. The average molecular weight is 543 g/mol. The Kier molecular flexibility index (Phi) is 7.36. The Morgan fingerprint density at radius 2 is 1.85 bits per heavy atom. The van der Waals surface area contributed by atoms with Gasteiger partial charge in [-0.3, -0.25) is 23.5 Å². The molecule has 0 aliphatic carbocycles. The predicted octanol–water partition coefficient (Wildman–Crippen LogP) is 2.66. The molecule has 0 bridgehead atoms. The van der Waals surface area contributed by atoms with Crippen LogP contribution in [-0.2, 0) is 24.4 Å². The van der Waals surface area contributed by atoms with E-state index in [2.05, 4.69) is 17.2 Å². The van der Waals surface area contributed by atoms with Crippen LogP contribution in [0.25, 0.3) is 10.9 Å². The van der Waals surface area contributed by atoms with Crippen LogP contribution in [-0.4, -0.2) is 34.9 Å². The molecule has 5 rings (SSSR count). The van der Waals surface area contributed by atoms with Gasteiger partial charge in [-0.25, -0.2) is 4.79 Å². The van der Waals surface area contributed by atoms with Gasteiger partial charge in [0.25, 0.3) is 11.5 Å². The second kappa shape index (κ2) is 11.2. The van der Waals surface area contributed by atoms with Crippen LogP contribution in [0.15, 0.2) is 82.9 Å². The molecule has 1 aliphatic heterocycles. The third-order valence-corrected chi connectivity index (χ3v) is 6.35. The summed E-state index contributed by atoms with van der Waals surface area (Å²) in [4.78, 5) is 52.4. The van der Waals surface area contributed by atoms with E-state index < -0.39 is 29.6 Å². The number of hydrogen-bond acceptors (Lipinski definition) is 7. The molecule has 4 aromatic rings. The second-order valence-corrected chi connectivity index (χ2v) is 8.96. The number of aromatic nitrogens is 2. The first-order chi connectivity index (χ1) is 19.4. The lowest BCUT2D eigenvalue weighted by molar-refractivity contribution is -0.116. The number of benzene rings is 3. The number of hydrogen-bond donors (Lipinski definition) is 2. The fourth-order valence-electron chi connectivity index (χ4n) is 4.38. The molecule has 0 unspecified atom stereocenters. The zero-order valence-corrected chi connectivity index (χ0v) is 21.6. The molecule has 204 valence electrons. The van der Waals surface area contributed by atoms with Gasteiger partial charge in [-0.1, -0.05) is 18.2 Å². The van der Waals surface area contributed by atoms with Crippen molar-refractivity contribution in [3.63, 3.8) is 0 Å². The smallest absolute Gasteiger partial charge is 0.332 e. The summed E-state index contributed by atoms with van der Waals surface area (Å²) in [5, 5.41) is 5.74. The van der Waals surface area contributed by atoms with Gasteiger partial charge in [0.1, 0.15) is 12.3 Å². The summed E-state index contributed by atoms with van der Waals surface area (Å²) < 4.78 is 18.0. The minimum Gasteiger partial charge on any atom is -0.497 e. The van der Waals surface area contributed by atoms with Gasteiger partial charge >= 0.3 is 5.69 Å². The molecule has 0 saturated carbocycles. The van der Waals surface area contributed by atoms with Gasteiger partial charge in [-0.2, -0.15) is 0 Å². The van der Waals surface area contributed by atoms with E-state index in [4.69, 9.17) is 14.2 Å². The number of carbonyl (C=O) groups is 2. The van der Waals surface area contributed by atoms with Gasteiger partial charge in [-0.05, 0) is 48.0 Å². The maximum absolute atomic E-state index is 13.3. The number of methoxy groups -OCH3 is 1. The summed E-state index contributed by atoms with van der Waals surface area (Å²) in [5.74, 6) is 0.869. The van der Waals surface area contributed by atoms with E-state index in [0.29, 0.717) is 22.9 Å². The fraction of sp³-hybridized carbons (Fsp3) is 0.172. The van der Waals surface area contributed by atoms with Crippen molar-refractivity contribution in [2.75, 3.05) is 19.2 Å². The summed E-state index contributed by atoms with van der Waals surface area (Å²) >= 11 is 0. The van der Waals surface area contributed by atoms with Gasteiger partial charge in [0.2, 0.25) is 12.7 Å². The molecule has 2 heterocycles. The number of amides is 2. The number of nitrogens with one attached hydrogen (secondary N) is 2. The molecule has 0 atom stereocenters. The number of allylic oxidation sites excluding steroid dienone is 1. The zero-order valence-electron chi connectivity index (χ0n) is 21.6. The molecule has 3 aromatic carbocycles. The van der Waals surface area contributed by atoms with E-state index in [1.807, 2.05) is 6.07 Å². The Morgan fingerprint density at radius 1 is 1.02 bits per heavy atom. The quantitative estimate of drug-likeness (QED) is 0.311. The Hall–Kier alpha value is -5.32. The van der Waals surface area contributed by atoms with Crippen LogP contribution in [0.5, 0.6) is 17.2 Å². The molecule has 0 spiro atoms. The molecule has 2 N–H and O–H groups in total. The number of nitrogens with zero attached hydrogens (tertiary/aromatic N) is 2. The van der Waals surface area contributed by atoms with E-state index in [1.54, 1.807) is 36.4 Å². The molecule has 0 saturated heterocycles. The number of fused-ring (bicyclic) bond motifs is 2. The third kappa shape index (κ3) is 5.30. The first kappa shape index (κ1) is 26.3. The van der Waals surface area contributed by atoms with E-state index in [0.717, 1.165) is 10.1 Å². The van der Waals surface area contributed by atoms with Crippen LogP contribution in [0.1, 0.15) is 15.9 Å². The van der Waals surface area contributed by atoms with Gasteiger partial charge in [0.05, 0.1) is 18.0 Å². The van der Waals surface area contributed by atoms with Crippen molar-refractivity contribution in [2.24, 2.45) is 0 Å². The molecular formula is C29H26N4O7. The van der Waals surface area contributed by atoms with Crippen LogP contribution in [0, 0.1) is 0 Å². The first-order valence-corrected chi connectivity index (χ1v) is 12.4. The van der Waals surface area contributed by atoms with Crippen LogP contribution >= 0.6 is 0 Å². The highest BCUT2D eigenvalue weighted by Gasteiger charge is 2.18. The van der Waals surface area contributed by atoms with Crippen molar-refractivity contribution in [3.8, 4) is 17.2 Å². The van der Waals surface area contributed by atoms with Crippen molar-refractivity contribution >= 4 is 28.4 Å². The van der Waals surface area contributed by atoms with E-state index in [9.17, 15) is 19.2 Å². The topological polar surface area (TPSA) is 130 Å². The summed E-state index contributed by atoms with van der Waals surface area (Å²) in [6.45, 7) is 3.54. The molecular weight excluding hydrogens is 516 g/mol. The molecule has 40 heavy (non-hydrogen) atoms. The predicted molar refractivity (Wildman–Crippen MR) is 148 cm³/mol. The highest BCUT2D eigenvalue weighted by molar-refractivity contribution is 5.98. The van der Waals surface area contributed by atoms with Gasteiger partial charge in [-0.15, -0.1) is 6.58 Å². The molecule has 11 heteroatoms. The lowest BCUT2D eigenvalue weighted by atomic mass is 10.1. The molecule has 0 radical (unpaired) electrons. The highest BCUT2D eigenvalue weighted by atomic mass is 16.7. The van der Waals surface area contributed by atoms with Crippen molar-refractivity contribution in [2.45, 2.75) is 19.6 Å². The number of carbonyl (C=O) groups excluding carboxylic acids is 2. The Balaban J connectivity index is 1.45. The molecule has 0 fully saturated rings. The fourth-order valence-corrected chi connectivity index (χ4v) is 4.38. The van der Waals surface area contributed by atoms with Gasteiger partial charge < -0.3 is 24.8 Å². The van der Waals surface area contributed by atoms with Crippen molar-refractivity contribution < 1.29 is 23.8 Å². The number of ether oxygens (including phenoxy) is 3. The van der Waals surface area contributed by atoms with E-state index in [-0.39, 0.29) is 36.3 Å². The molecule has 2 amide bonds. The average Bonchev–Trinajstić information content (AvgIpc) is 3.44. The Labute approximate surface area is 228 Å². The van der Waals surface area contributed by atoms with E-state index >= 15 is 0 Å². The Bertz CT molecular complexity index is 1760. The standard InChI is InChI=1S/C29H26N4O7/c1-3-11-32-28(36)22-9-8-19(27(35)30-15-18-7-10-24-25(12-18)40-17-39-24)13-23(22)33(29(32)37)16-26(34)31-20-5-4-6-21(14-20)38-2/h3-10,12-14H,1,11,15-17H2,2H3,(H,30,35)(H,31,34). The third-order valence-electron chi connectivity index (χ3n) is 6.35. The monoisotopic (exact) mass is 542 g/mol. The molecule has 11 nitrogen and oxygen atoms in total. The molecule has 1 aliphatic rings. The highest BCUT2D eigenvalue weighted by Crippen LogP contribution is 2.32. The number of rotatable bonds is 9. The Morgan fingerprint density at radius 3 is 2.65 bits per heavy atom. The minimum absolute atomic E-state index is 0.0388. The van der Waals surface area contributed by atoms with Crippen molar-refractivity contribution in [3.05, 3.63) is 105 Å². The lowest BCUT2D eigenvalue weighted by Crippen LogP contribution is -2.41. The van der Waals surface area contributed by atoms with Gasteiger partial charge in [0.15, 0.2) is 11.5 Å². The summed E-state index contributed by atoms with van der Waals surface area (Å²) in [6, 6.07) is 16.5. The van der Waals surface area contributed by atoms with Crippen molar-refractivity contribution in [1.29, 1.82) is 0 Å². The van der Waals surface area contributed by atoms with E-state index in [1.165, 1.54) is 36.0 Å². The van der Waals surface area contributed by atoms with Crippen LogP contribution < -0.4 is 36.1 Å². The SMILES string of the molecule is C=CCn1c(=O)c2ccc(C(=O)NCc3ccc4c(c3)OCO4)cc2n(CC(=O)Nc2cccc(OC)c2)c1=O. The second-order valence-electron chi connectivity index (χ2n) is 8.96. The summed E-state index contributed by atoms with van der Waals surface area (Å²) in [7, 11) is 1.51. The van der Waals surface area contributed by atoms with Crippen molar-refractivity contribution in [1.82, 2.24) is 14.5 Å². The summed E-state index contributed by atoms with van der Waals surface area (Å²) in [6.07, 6.45) is 1.42. The largest absolute Gasteiger partial charge is 0.497 e. The minimum atomic E-state index is -0.698. The van der Waals surface area contributed by atoms with Crippen LogP contribution in [0.3, 0.4) is 0 Å². The summed E-state index contributed by atoms with van der Waals surface area (Å²) in [5.41, 5.74) is 0.414. The number of anilines is 1. The maximum atomic E-state index is 13.3. The zero-order chi connectivity index (χ0) is 28.2. The van der Waals surface area contributed by atoms with Crippen LogP contribution in [0.2, 0.25) is 0 Å².